The monoisotopic (exact) mass is 282 g/mol. The Bertz CT molecular complexity index is 341. The number of aliphatic carboxylic acids is 1. The van der Waals surface area contributed by atoms with E-state index in [4.69, 9.17) is 5.11 Å². The molecule has 1 aliphatic rings. The number of carboxylic acid groups (broad SMARTS) is 1. The van der Waals surface area contributed by atoms with Gasteiger partial charge in [-0.25, -0.2) is 4.79 Å². The van der Waals surface area contributed by atoms with E-state index in [1.807, 2.05) is 0 Å². The number of urea groups is 1. The molecule has 0 aromatic carbocycles. The zero-order chi connectivity index (χ0) is 14.6. The first kappa shape index (κ1) is 15.6. The number of rotatable bonds is 4. The summed E-state index contributed by atoms with van der Waals surface area (Å²) < 4.78 is 36.7. The van der Waals surface area contributed by atoms with Crippen molar-refractivity contribution in [3.63, 3.8) is 0 Å². The summed E-state index contributed by atoms with van der Waals surface area (Å²) in [4.78, 5) is 24.2. The summed E-state index contributed by atoms with van der Waals surface area (Å²) in [6.07, 6.45) is -1.50. The third-order valence-electron chi connectivity index (χ3n) is 3.06. The molecule has 0 saturated heterocycles. The molecule has 0 atom stereocenters. The molecule has 0 aromatic rings. The molecule has 1 N–H and O–H groups in total. The molecule has 1 rings (SSSR count). The third kappa shape index (κ3) is 4.96. The second-order valence-corrected chi connectivity index (χ2v) is 4.71. The summed E-state index contributed by atoms with van der Waals surface area (Å²) in [6, 6.07) is -1.16. The van der Waals surface area contributed by atoms with Crippen LogP contribution in [0.4, 0.5) is 18.0 Å². The summed E-state index contributed by atoms with van der Waals surface area (Å²) in [5.41, 5.74) is 0. The van der Waals surface area contributed by atoms with Gasteiger partial charge in [-0.15, -0.1) is 0 Å². The van der Waals surface area contributed by atoms with Crippen molar-refractivity contribution in [2.45, 2.75) is 37.9 Å². The predicted molar refractivity (Wildman–Crippen MR) is 60.7 cm³/mol. The van der Waals surface area contributed by atoms with E-state index in [0.29, 0.717) is 17.7 Å². The van der Waals surface area contributed by atoms with E-state index in [1.165, 1.54) is 0 Å². The van der Waals surface area contributed by atoms with Crippen LogP contribution in [-0.2, 0) is 4.79 Å². The van der Waals surface area contributed by atoms with Crippen LogP contribution in [0.2, 0.25) is 0 Å². The Balaban J connectivity index is 2.72. The van der Waals surface area contributed by atoms with Crippen molar-refractivity contribution in [2.75, 3.05) is 20.1 Å². The summed E-state index contributed by atoms with van der Waals surface area (Å²) in [6.45, 7) is -1.94. The fourth-order valence-corrected chi connectivity index (χ4v) is 2.27. The summed E-state index contributed by atoms with van der Waals surface area (Å²) in [5, 5.41) is 8.77. The lowest BCUT2D eigenvalue weighted by Crippen LogP contribution is -2.50. The lowest BCUT2D eigenvalue weighted by molar-refractivity contribution is -0.140. The van der Waals surface area contributed by atoms with Crippen molar-refractivity contribution in [2.24, 2.45) is 0 Å². The van der Waals surface area contributed by atoms with Gasteiger partial charge in [-0.1, -0.05) is 12.8 Å². The van der Waals surface area contributed by atoms with Crippen LogP contribution in [0.3, 0.4) is 0 Å². The van der Waals surface area contributed by atoms with Crippen LogP contribution in [-0.4, -0.2) is 59.3 Å². The number of amides is 2. The molecule has 0 bridgehead atoms. The van der Waals surface area contributed by atoms with Gasteiger partial charge in [-0.3, -0.25) is 4.79 Å². The zero-order valence-electron chi connectivity index (χ0n) is 10.6. The maximum absolute atomic E-state index is 12.2. The molecule has 0 heterocycles. The zero-order valence-corrected chi connectivity index (χ0v) is 10.6. The number of halogens is 3. The number of nitrogens with zero attached hydrogens (tertiary/aromatic N) is 2. The predicted octanol–water partition coefficient (Wildman–Crippen LogP) is 1.93. The fourth-order valence-electron chi connectivity index (χ4n) is 2.27. The minimum absolute atomic E-state index is 0.278. The quantitative estimate of drug-likeness (QED) is 0.857. The first-order chi connectivity index (χ1) is 8.70. The molecule has 0 spiro atoms. The van der Waals surface area contributed by atoms with Gasteiger partial charge in [-0.05, 0) is 12.8 Å². The van der Waals surface area contributed by atoms with E-state index >= 15 is 0 Å². The van der Waals surface area contributed by atoms with Crippen LogP contribution in [0.1, 0.15) is 25.7 Å². The highest BCUT2D eigenvalue weighted by Crippen LogP contribution is 2.25. The number of alkyl halides is 3. The maximum Gasteiger partial charge on any atom is 0.406 e. The molecular formula is C11H17F3N2O3. The Morgan fingerprint density at radius 3 is 2.21 bits per heavy atom. The van der Waals surface area contributed by atoms with E-state index in [0.717, 1.165) is 24.8 Å². The Kier molecular flexibility index (Phi) is 5.02. The van der Waals surface area contributed by atoms with Gasteiger partial charge in [0.05, 0.1) is 0 Å². The summed E-state index contributed by atoms with van der Waals surface area (Å²) >= 11 is 0. The summed E-state index contributed by atoms with van der Waals surface area (Å²) in [5.74, 6) is -1.22. The van der Waals surface area contributed by atoms with Crippen LogP contribution in [0.5, 0.6) is 0 Å². The van der Waals surface area contributed by atoms with Gasteiger partial charge in [0.2, 0.25) is 0 Å². The van der Waals surface area contributed by atoms with Crippen LogP contribution >= 0.6 is 0 Å². The maximum atomic E-state index is 12.2. The molecule has 0 radical (unpaired) electrons. The lowest BCUT2D eigenvalue weighted by Gasteiger charge is -2.31. The second-order valence-electron chi connectivity index (χ2n) is 4.71. The number of carboxylic acids is 1. The number of carbonyl (C=O) groups is 2. The van der Waals surface area contributed by atoms with E-state index in [1.54, 1.807) is 0 Å². The Morgan fingerprint density at radius 2 is 1.79 bits per heavy atom. The first-order valence-corrected chi connectivity index (χ1v) is 6.01. The number of hydrogen-bond donors (Lipinski definition) is 1. The fraction of sp³-hybridized carbons (Fsp3) is 0.818. The average molecular weight is 282 g/mol. The van der Waals surface area contributed by atoms with Crippen LogP contribution in [0.15, 0.2) is 0 Å². The van der Waals surface area contributed by atoms with Crippen molar-refractivity contribution in [3.8, 4) is 0 Å². The van der Waals surface area contributed by atoms with Crippen molar-refractivity contribution in [3.05, 3.63) is 0 Å². The van der Waals surface area contributed by atoms with Gasteiger partial charge < -0.3 is 14.9 Å². The molecule has 8 heteroatoms. The van der Waals surface area contributed by atoms with Gasteiger partial charge in [-0.2, -0.15) is 13.2 Å². The molecule has 110 valence electrons. The van der Waals surface area contributed by atoms with E-state index in [-0.39, 0.29) is 6.04 Å². The number of hydrogen-bond acceptors (Lipinski definition) is 2. The Hall–Kier alpha value is -1.47. The third-order valence-corrected chi connectivity index (χ3v) is 3.06. The van der Waals surface area contributed by atoms with E-state index < -0.39 is 31.3 Å². The molecule has 1 fully saturated rings. The standard InChI is InChI=1S/C11H17F3N2O3/c1-15(7-11(12,13)14)10(19)16(6-9(17)18)8-4-2-3-5-8/h8H,2-7H2,1H3,(H,17,18). The lowest BCUT2D eigenvalue weighted by atomic mass is 10.2. The topological polar surface area (TPSA) is 60.9 Å². The molecule has 0 aromatic heterocycles. The highest BCUT2D eigenvalue weighted by Gasteiger charge is 2.35. The van der Waals surface area contributed by atoms with Crippen LogP contribution in [0, 0.1) is 0 Å². The van der Waals surface area contributed by atoms with Crippen molar-refractivity contribution < 1.29 is 27.9 Å². The number of carbonyl (C=O) groups excluding carboxylic acids is 1. The summed E-state index contributed by atoms with van der Waals surface area (Å²) in [7, 11) is 1.03. The van der Waals surface area contributed by atoms with E-state index in [2.05, 4.69) is 0 Å². The van der Waals surface area contributed by atoms with Crippen molar-refractivity contribution >= 4 is 12.0 Å². The molecule has 0 unspecified atom stereocenters. The van der Waals surface area contributed by atoms with Crippen LogP contribution < -0.4 is 0 Å². The molecule has 0 aliphatic heterocycles. The molecule has 19 heavy (non-hydrogen) atoms. The largest absolute Gasteiger partial charge is 0.480 e. The molecular weight excluding hydrogens is 265 g/mol. The SMILES string of the molecule is CN(CC(F)(F)F)C(=O)N(CC(=O)O)C1CCCC1. The van der Waals surface area contributed by atoms with E-state index in [9.17, 15) is 22.8 Å². The smallest absolute Gasteiger partial charge is 0.406 e. The second kappa shape index (κ2) is 6.12. The average Bonchev–Trinajstić information content (AvgIpc) is 2.75. The van der Waals surface area contributed by atoms with Gasteiger partial charge in [0, 0.05) is 13.1 Å². The van der Waals surface area contributed by atoms with Gasteiger partial charge in [0.25, 0.3) is 0 Å². The first-order valence-electron chi connectivity index (χ1n) is 6.01. The van der Waals surface area contributed by atoms with Crippen molar-refractivity contribution in [1.82, 2.24) is 9.80 Å². The highest BCUT2D eigenvalue weighted by molar-refractivity contribution is 5.80. The van der Waals surface area contributed by atoms with Gasteiger partial charge in [0.15, 0.2) is 0 Å². The molecule has 1 saturated carbocycles. The minimum atomic E-state index is -4.49. The molecule has 1 aliphatic carbocycles. The Morgan fingerprint density at radius 1 is 1.26 bits per heavy atom. The minimum Gasteiger partial charge on any atom is -0.480 e. The van der Waals surface area contributed by atoms with Gasteiger partial charge in [0.1, 0.15) is 13.1 Å². The molecule has 5 nitrogen and oxygen atoms in total. The Labute approximate surface area is 109 Å². The van der Waals surface area contributed by atoms with Gasteiger partial charge >= 0.3 is 18.2 Å². The van der Waals surface area contributed by atoms with Crippen LogP contribution in [0.25, 0.3) is 0 Å². The highest BCUT2D eigenvalue weighted by atomic mass is 19.4. The normalized spacial score (nSPS) is 16.4. The van der Waals surface area contributed by atoms with Crippen molar-refractivity contribution in [1.29, 1.82) is 0 Å². The molecule has 2 amide bonds.